The van der Waals surface area contributed by atoms with Gasteiger partial charge in [0.25, 0.3) is 0 Å². The smallest absolute Gasteiger partial charge is 0.138 e. The Kier molecular flexibility index (Phi) is 5.11. The first-order chi connectivity index (χ1) is 9.61. The highest BCUT2D eigenvalue weighted by Gasteiger charge is 2.10. The Balaban J connectivity index is 2.39. The first-order valence-corrected chi connectivity index (χ1v) is 7.28. The van der Waals surface area contributed by atoms with E-state index in [4.69, 9.17) is 27.8 Å². The molecule has 0 bridgehead atoms. The van der Waals surface area contributed by atoms with Crippen LogP contribution in [0.5, 0.6) is 11.5 Å². The topological polar surface area (TPSA) is 55.5 Å². The summed E-state index contributed by atoms with van der Waals surface area (Å²) in [5.41, 5.74) is 7.33. The number of aliphatic hydroxyl groups excluding tert-OH is 1. The maximum absolute atomic E-state index is 9.09. The molecule has 0 radical (unpaired) electrons. The van der Waals surface area contributed by atoms with Crippen molar-refractivity contribution in [1.29, 1.82) is 0 Å². The molecule has 0 aliphatic carbocycles. The highest BCUT2D eigenvalue weighted by atomic mass is 79.9. The zero-order valence-electron chi connectivity index (χ0n) is 10.7. The van der Waals surface area contributed by atoms with Gasteiger partial charge in [-0.1, -0.05) is 46.3 Å². The van der Waals surface area contributed by atoms with Crippen LogP contribution in [0.15, 0.2) is 46.9 Å². The summed E-state index contributed by atoms with van der Waals surface area (Å²) in [4.78, 5) is 0.284. The molecule has 0 spiro atoms. The lowest BCUT2D eigenvalue weighted by Crippen LogP contribution is -2.11. The minimum absolute atomic E-state index is 0.0705. The predicted molar refractivity (Wildman–Crippen MR) is 87.3 cm³/mol. The Morgan fingerprint density at radius 1 is 1.20 bits per heavy atom. The molecule has 3 N–H and O–H groups in total. The zero-order valence-corrected chi connectivity index (χ0v) is 13.1. The maximum atomic E-state index is 9.09. The molecule has 0 heterocycles. The Hall–Kier alpha value is -1.43. The van der Waals surface area contributed by atoms with E-state index >= 15 is 0 Å². The fourth-order valence-corrected chi connectivity index (χ4v) is 2.34. The summed E-state index contributed by atoms with van der Waals surface area (Å²) < 4.78 is 6.81. The summed E-state index contributed by atoms with van der Waals surface area (Å²) in [6, 6.07) is 13.1. The van der Waals surface area contributed by atoms with E-state index < -0.39 is 0 Å². The van der Waals surface area contributed by atoms with Gasteiger partial charge in [0, 0.05) is 11.1 Å². The number of rotatable bonds is 5. The number of hydrogen-bond acceptors (Lipinski definition) is 3. The Morgan fingerprint density at radius 2 is 1.95 bits per heavy atom. The fourth-order valence-electron chi connectivity index (χ4n) is 1.83. The summed E-state index contributed by atoms with van der Waals surface area (Å²) in [5.74, 6) is 1.29. The van der Waals surface area contributed by atoms with Crippen molar-refractivity contribution in [1.82, 2.24) is 0 Å². The van der Waals surface area contributed by atoms with Crippen molar-refractivity contribution >= 4 is 33.1 Å². The summed E-state index contributed by atoms with van der Waals surface area (Å²) >= 11 is 8.44. The summed E-state index contributed by atoms with van der Waals surface area (Å²) in [6.07, 6.45) is 0.534. The predicted octanol–water partition coefficient (Wildman–Crippen LogP) is 3.41. The Labute approximate surface area is 131 Å². The Morgan fingerprint density at radius 3 is 2.65 bits per heavy atom. The number of nitrogens with two attached hydrogens (primary N) is 1. The van der Waals surface area contributed by atoms with Crippen LogP contribution >= 0.6 is 28.1 Å². The van der Waals surface area contributed by atoms with Crippen molar-refractivity contribution in [3.8, 4) is 11.5 Å². The number of benzene rings is 2. The van der Waals surface area contributed by atoms with Crippen LogP contribution in [0.2, 0.25) is 0 Å². The van der Waals surface area contributed by atoms with Gasteiger partial charge in [0.2, 0.25) is 0 Å². The van der Waals surface area contributed by atoms with Crippen molar-refractivity contribution in [2.24, 2.45) is 5.73 Å². The van der Waals surface area contributed by atoms with Gasteiger partial charge in [-0.3, -0.25) is 0 Å². The van der Waals surface area contributed by atoms with Crippen molar-refractivity contribution in [3.05, 3.63) is 58.1 Å². The molecular formula is C15H14BrNO2S. The molecular weight excluding hydrogens is 338 g/mol. The molecule has 0 aliphatic heterocycles. The van der Waals surface area contributed by atoms with E-state index in [-0.39, 0.29) is 11.6 Å². The number of hydrogen-bond donors (Lipinski definition) is 2. The second-order valence-corrected chi connectivity index (χ2v) is 5.54. The minimum atomic E-state index is 0.0705. The van der Waals surface area contributed by atoms with Crippen LogP contribution in [-0.4, -0.2) is 16.7 Å². The van der Waals surface area contributed by atoms with Gasteiger partial charge >= 0.3 is 0 Å². The zero-order chi connectivity index (χ0) is 14.5. The van der Waals surface area contributed by atoms with Crippen LogP contribution in [0, 0.1) is 0 Å². The lowest BCUT2D eigenvalue weighted by molar-refractivity contribution is 0.298. The summed E-state index contributed by atoms with van der Waals surface area (Å²) in [6.45, 7) is 0.0705. The van der Waals surface area contributed by atoms with Gasteiger partial charge in [-0.2, -0.15) is 0 Å². The molecule has 0 amide bonds. The van der Waals surface area contributed by atoms with Gasteiger partial charge in [0.1, 0.15) is 16.5 Å². The SMILES string of the molecule is NC(=S)c1ccc(Br)cc1Oc1ccccc1CCO. The van der Waals surface area contributed by atoms with Crippen LogP contribution in [0.3, 0.4) is 0 Å². The number of aliphatic hydroxyl groups is 1. The first-order valence-electron chi connectivity index (χ1n) is 6.08. The first kappa shape index (κ1) is 15.0. The van der Waals surface area contributed by atoms with Crippen molar-refractivity contribution in [2.75, 3.05) is 6.61 Å². The van der Waals surface area contributed by atoms with E-state index in [1.165, 1.54) is 0 Å². The molecule has 3 nitrogen and oxygen atoms in total. The average molecular weight is 352 g/mol. The van der Waals surface area contributed by atoms with Gasteiger partial charge in [-0.15, -0.1) is 0 Å². The van der Waals surface area contributed by atoms with Crippen molar-refractivity contribution in [2.45, 2.75) is 6.42 Å². The monoisotopic (exact) mass is 351 g/mol. The van der Waals surface area contributed by atoms with Crippen molar-refractivity contribution in [3.63, 3.8) is 0 Å². The minimum Gasteiger partial charge on any atom is -0.456 e. The molecule has 0 atom stereocenters. The molecule has 2 aromatic carbocycles. The third-order valence-corrected chi connectivity index (χ3v) is 3.50. The largest absolute Gasteiger partial charge is 0.456 e. The quantitative estimate of drug-likeness (QED) is 0.810. The summed E-state index contributed by atoms with van der Waals surface area (Å²) in [5, 5.41) is 9.09. The highest BCUT2D eigenvalue weighted by Crippen LogP contribution is 2.30. The standard InChI is InChI=1S/C15H14BrNO2S/c16-11-5-6-12(15(17)20)14(9-11)19-13-4-2-1-3-10(13)7-8-18/h1-6,9,18H,7-8H2,(H2,17,20). The lowest BCUT2D eigenvalue weighted by atomic mass is 10.1. The molecule has 2 rings (SSSR count). The number of thiocarbonyl (C=S) groups is 1. The Bertz CT molecular complexity index is 631. The molecule has 0 saturated heterocycles. The number of ether oxygens (including phenoxy) is 1. The van der Waals surface area contributed by atoms with Crippen molar-refractivity contribution < 1.29 is 9.84 Å². The lowest BCUT2D eigenvalue weighted by Gasteiger charge is -2.13. The van der Waals surface area contributed by atoms with Crippen LogP contribution in [-0.2, 0) is 6.42 Å². The molecule has 20 heavy (non-hydrogen) atoms. The average Bonchev–Trinajstić information content (AvgIpc) is 2.41. The fraction of sp³-hybridized carbons (Fsp3) is 0.133. The van der Waals surface area contributed by atoms with Gasteiger partial charge in [-0.25, -0.2) is 0 Å². The van der Waals surface area contributed by atoms with Gasteiger partial charge in [0.15, 0.2) is 0 Å². The molecule has 0 unspecified atom stereocenters. The van der Waals surface area contributed by atoms with E-state index in [0.717, 1.165) is 10.0 Å². The van der Waals surface area contributed by atoms with E-state index in [9.17, 15) is 0 Å². The second-order valence-electron chi connectivity index (χ2n) is 4.19. The summed E-state index contributed by atoms with van der Waals surface area (Å²) in [7, 11) is 0. The third kappa shape index (κ3) is 3.56. The molecule has 0 aliphatic rings. The van der Waals surface area contributed by atoms with E-state index in [1.807, 2.05) is 42.5 Å². The normalized spacial score (nSPS) is 10.3. The molecule has 0 fully saturated rings. The van der Waals surface area contributed by atoms with Crippen LogP contribution in [0.1, 0.15) is 11.1 Å². The molecule has 2 aromatic rings. The highest BCUT2D eigenvalue weighted by molar-refractivity contribution is 9.10. The number of para-hydroxylation sites is 1. The van der Waals surface area contributed by atoms with Crippen LogP contribution < -0.4 is 10.5 Å². The molecule has 0 aromatic heterocycles. The van der Waals surface area contributed by atoms with Gasteiger partial charge in [0.05, 0.1) is 5.56 Å². The molecule has 0 saturated carbocycles. The van der Waals surface area contributed by atoms with E-state index in [0.29, 0.717) is 23.5 Å². The number of halogens is 1. The maximum Gasteiger partial charge on any atom is 0.138 e. The van der Waals surface area contributed by atoms with E-state index in [2.05, 4.69) is 15.9 Å². The third-order valence-electron chi connectivity index (χ3n) is 2.78. The van der Waals surface area contributed by atoms with Gasteiger partial charge < -0.3 is 15.6 Å². The van der Waals surface area contributed by atoms with E-state index in [1.54, 1.807) is 0 Å². The van der Waals surface area contributed by atoms with Crippen LogP contribution in [0.4, 0.5) is 0 Å². The molecule has 104 valence electrons. The van der Waals surface area contributed by atoms with Crippen LogP contribution in [0.25, 0.3) is 0 Å². The molecule has 5 heteroatoms. The van der Waals surface area contributed by atoms with Gasteiger partial charge in [-0.05, 0) is 36.2 Å². The second kappa shape index (κ2) is 6.83.